The van der Waals surface area contributed by atoms with Gasteiger partial charge in [0.05, 0.1) is 23.2 Å². The van der Waals surface area contributed by atoms with Crippen LogP contribution in [0.5, 0.6) is 0 Å². The zero-order valence-electron chi connectivity index (χ0n) is 21.5. The SMILES string of the molecule is CC(C)(C)[Si](C)(C)OC[C@]1(C)C(=O)CC[C@@]2(C)[C@H](C/C=C3/C(=O)OC[C@H]3O)[C@]3(CC[C@@H]21)CO3. The van der Waals surface area contributed by atoms with Crippen molar-refractivity contribution in [1.29, 1.82) is 0 Å². The number of esters is 1. The maximum Gasteiger partial charge on any atom is 0.336 e. The Morgan fingerprint density at radius 2 is 1.88 bits per heavy atom. The number of aliphatic hydroxyl groups is 1. The Balaban J connectivity index is 1.62. The lowest BCUT2D eigenvalue weighted by atomic mass is 9.45. The second kappa shape index (κ2) is 8.00. The minimum Gasteiger partial charge on any atom is -0.459 e. The van der Waals surface area contributed by atoms with E-state index in [4.69, 9.17) is 13.9 Å². The number of ether oxygens (including phenoxy) is 2. The van der Waals surface area contributed by atoms with Gasteiger partial charge in [-0.1, -0.05) is 40.7 Å². The fourth-order valence-corrected chi connectivity index (χ4v) is 7.67. The van der Waals surface area contributed by atoms with Gasteiger partial charge in [0, 0.05) is 13.0 Å². The Morgan fingerprint density at radius 3 is 2.42 bits per heavy atom. The molecule has 2 aliphatic carbocycles. The van der Waals surface area contributed by atoms with Crippen molar-refractivity contribution in [3.8, 4) is 0 Å². The van der Waals surface area contributed by atoms with E-state index in [-0.39, 0.29) is 34.5 Å². The molecule has 1 spiro atoms. The molecule has 6 nitrogen and oxygen atoms in total. The van der Waals surface area contributed by atoms with E-state index >= 15 is 0 Å². The summed E-state index contributed by atoms with van der Waals surface area (Å²) in [5.74, 6) is 0.298. The Bertz CT molecular complexity index is 853. The summed E-state index contributed by atoms with van der Waals surface area (Å²) in [4.78, 5) is 25.5. The van der Waals surface area contributed by atoms with Crippen LogP contribution in [-0.4, -0.2) is 56.7 Å². The Labute approximate surface area is 199 Å². The van der Waals surface area contributed by atoms with E-state index in [9.17, 15) is 14.7 Å². The molecule has 2 heterocycles. The molecule has 2 saturated carbocycles. The van der Waals surface area contributed by atoms with Gasteiger partial charge in [-0.15, -0.1) is 0 Å². The average molecular weight is 479 g/mol. The molecular weight excluding hydrogens is 436 g/mol. The van der Waals surface area contributed by atoms with E-state index in [0.29, 0.717) is 30.8 Å². The Kier molecular flexibility index (Phi) is 6.08. The fourth-order valence-electron chi connectivity index (χ4n) is 6.57. The molecule has 2 saturated heterocycles. The van der Waals surface area contributed by atoms with Crippen LogP contribution in [0, 0.1) is 22.7 Å². The number of ketones is 1. The second-order valence-electron chi connectivity index (χ2n) is 12.9. The van der Waals surface area contributed by atoms with E-state index in [0.717, 1.165) is 25.9 Å². The van der Waals surface area contributed by atoms with Gasteiger partial charge in [0.25, 0.3) is 0 Å². The van der Waals surface area contributed by atoms with E-state index in [1.165, 1.54) is 0 Å². The van der Waals surface area contributed by atoms with Crippen LogP contribution in [-0.2, 0) is 23.5 Å². The zero-order chi connectivity index (χ0) is 24.4. The number of aliphatic hydroxyl groups excluding tert-OH is 1. The molecule has 186 valence electrons. The highest BCUT2D eigenvalue weighted by atomic mass is 28.4. The van der Waals surface area contributed by atoms with E-state index in [1.54, 1.807) is 0 Å². The molecule has 0 aromatic carbocycles. The van der Waals surface area contributed by atoms with Crippen LogP contribution in [0.2, 0.25) is 18.1 Å². The first-order valence-corrected chi connectivity index (χ1v) is 15.4. The van der Waals surface area contributed by atoms with Crippen LogP contribution < -0.4 is 0 Å². The number of epoxide rings is 1. The Hall–Kier alpha value is -1.02. The first kappa shape index (κ1) is 25.1. The molecule has 0 aromatic rings. The summed E-state index contributed by atoms with van der Waals surface area (Å²) in [5, 5.41) is 10.2. The largest absolute Gasteiger partial charge is 0.459 e. The maximum atomic E-state index is 13.4. The first-order chi connectivity index (χ1) is 15.2. The lowest BCUT2D eigenvalue weighted by molar-refractivity contribution is -0.160. The molecule has 7 heteroatoms. The minimum absolute atomic E-state index is 0.0359. The van der Waals surface area contributed by atoms with Crippen molar-refractivity contribution in [3.05, 3.63) is 11.6 Å². The molecule has 0 amide bonds. The standard InChI is InChI=1S/C26H42O6Si/c1-23(2,3)33(6,7)32-15-25(5)19-10-13-26(16-31-26)20(24(19,4)12-11-21(25)28)9-8-17-18(27)14-30-22(17)29/h8,18-20,27H,9-16H2,1-7H3/b17-8+/t18-,19+,20+,24-,25+,26+/m1/s1. The zero-order valence-corrected chi connectivity index (χ0v) is 22.5. The smallest absolute Gasteiger partial charge is 0.336 e. The van der Waals surface area contributed by atoms with Crippen molar-refractivity contribution < 1.29 is 28.6 Å². The predicted octanol–water partition coefficient (Wildman–Crippen LogP) is 4.41. The highest BCUT2D eigenvalue weighted by molar-refractivity contribution is 6.74. The Morgan fingerprint density at radius 1 is 1.21 bits per heavy atom. The lowest BCUT2D eigenvalue weighted by Gasteiger charge is -2.59. The van der Waals surface area contributed by atoms with E-state index in [1.807, 2.05) is 6.08 Å². The van der Waals surface area contributed by atoms with Gasteiger partial charge in [0.15, 0.2) is 8.32 Å². The van der Waals surface area contributed by atoms with Gasteiger partial charge < -0.3 is 19.0 Å². The van der Waals surface area contributed by atoms with Gasteiger partial charge in [-0.05, 0) is 61.1 Å². The van der Waals surface area contributed by atoms with Crippen molar-refractivity contribution in [1.82, 2.24) is 0 Å². The summed E-state index contributed by atoms with van der Waals surface area (Å²) in [5.41, 5.74) is -0.417. The van der Waals surface area contributed by atoms with E-state index < -0.39 is 25.8 Å². The number of hydrogen-bond donors (Lipinski definition) is 1. The topological polar surface area (TPSA) is 85.4 Å². The monoisotopic (exact) mass is 478 g/mol. The number of Topliss-reactive ketones (excluding diaryl/α,β-unsaturated/α-hetero) is 1. The van der Waals surface area contributed by atoms with Crippen molar-refractivity contribution in [2.75, 3.05) is 19.8 Å². The third-order valence-electron chi connectivity index (χ3n) is 9.97. The summed E-state index contributed by atoms with van der Waals surface area (Å²) in [6.45, 7) is 16.9. The van der Waals surface area contributed by atoms with Crippen molar-refractivity contribution in [3.63, 3.8) is 0 Å². The van der Waals surface area contributed by atoms with Crippen molar-refractivity contribution in [2.45, 2.75) is 96.6 Å². The van der Waals surface area contributed by atoms with Crippen LogP contribution in [0.15, 0.2) is 11.6 Å². The molecule has 4 rings (SSSR count). The van der Waals surface area contributed by atoms with Gasteiger partial charge >= 0.3 is 5.97 Å². The number of fused-ring (bicyclic) bond motifs is 1. The molecule has 1 N–H and O–H groups in total. The molecule has 0 radical (unpaired) electrons. The molecule has 6 atom stereocenters. The fraction of sp³-hybridized carbons (Fsp3) is 0.846. The quantitative estimate of drug-likeness (QED) is 0.273. The van der Waals surface area contributed by atoms with Crippen molar-refractivity contribution in [2.24, 2.45) is 22.7 Å². The van der Waals surface area contributed by atoms with Crippen LogP contribution in [0.1, 0.15) is 66.7 Å². The summed E-state index contributed by atoms with van der Waals surface area (Å²) in [7, 11) is -1.99. The van der Waals surface area contributed by atoms with Crippen molar-refractivity contribution >= 4 is 20.1 Å². The molecule has 4 aliphatic rings. The van der Waals surface area contributed by atoms with Gasteiger partial charge in [-0.25, -0.2) is 4.79 Å². The first-order valence-electron chi connectivity index (χ1n) is 12.5. The second-order valence-corrected chi connectivity index (χ2v) is 17.7. The third kappa shape index (κ3) is 4.07. The highest BCUT2D eigenvalue weighted by Crippen LogP contribution is 2.65. The number of carbonyl (C=O) groups excluding carboxylic acids is 2. The van der Waals surface area contributed by atoms with E-state index in [2.05, 4.69) is 47.7 Å². The molecule has 2 aliphatic heterocycles. The third-order valence-corrected chi connectivity index (χ3v) is 14.5. The minimum atomic E-state index is -1.99. The number of carbonyl (C=O) groups is 2. The summed E-state index contributed by atoms with van der Waals surface area (Å²) in [6.07, 6.45) is 4.95. The number of hydrogen-bond acceptors (Lipinski definition) is 6. The average Bonchev–Trinajstić information content (AvgIpc) is 3.41. The molecule has 0 bridgehead atoms. The molecule has 0 unspecified atom stereocenters. The van der Waals surface area contributed by atoms with Crippen LogP contribution in [0.3, 0.4) is 0 Å². The molecular formula is C26H42O6Si. The van der Waals surface area contributed by atoms with Gasteiger partial charge in [-0.3, -0.25) is 4.79 Å². The van der Waals surface area contributed by atoms with Crippen LogP contribution in [0.4, 0.5) is 0 Å². The van der Waals surface area contributed by atoms with Crippen LogP contribution in [0.25, 0.3) is 0 Å². The van der Waals surface area contributed by atoms with Crippen LogP contribution >= 0.6 is 0 Å². The highest BCUT2D eigenvalue weighted by Gasteiger charge is 2.67. The summed E-state index contributed by atoms with van der Waals surface area (Å²) in [6, 6.07) is 0. The summed E-state index contributed by atoms with van der Waals surface area (Å²) < 4.78 is 17.7. The lowest BCUT2D eigenvalue weighted by Crippen LogP contribution is -2.60. The van der Waals surface area contributed by atoms with Gasteiger partial charge in [-0.2, -0.15) is 0 Å². The summed E-state index contributed by atoms with van der Waals surface area (Å²) >= 11 is 0. The molecule has 33 heavy (non-hydrogen) atoms. The molecule has 4 fully saturated rings. The van der Waals surface area contributed by atoms with Gasteiger partial charge in [0.1, 0.15) is 18.5 Å². The molecule has 0 aromatic heterocycles. The van der Waals surface area contributed by atoms with Gasteiger partial charge in [0.2, 0.25) is 0 Å². The number of cyclic esters (lactones) is 1. The number of allylic oxidation sites excluding steroid dienone is 1. The maximum absolute atomic E-state index is 13.4. The normalized spacial score (nSPS) is 42.5. The number of rotatable bonds is 5. The predicted molar refractivity (Wildman–Crippen MR) is 128 cm³/mol.